The van der Waals surface area contributed by atoms with E-state index in [1.807, 2.05) is 30.3 Å². The van der Waals surface area contributed by atoms with Crippen LogP contribution >= 0.6 is 0 Å². The molecule has 1 saturated heterocycles. The fourth-order valence-electron chi connectivity index (χ4n) is 2.47. The molecule has 5 heteroatoms. The first-order valence-electron chi connectivity index (χ1n) is 6.76. The minimum Gasteiger partial charge on any atom is -0.372 e. The lowest BCUT2D eigenvalue weighted by Crippen LogP contribution is -2.44. The van der Waals surface area contributed by atoms with E-state index in [4.69, 9.17) is 4.74 Å². The van der Waals surface area contributed by atoms with Crippen molar-refractivity contribution in [3.05, 3.63) is 35.9 Å². The molecule has 0 spiro atoms. The van der Waals surface area contributed by atoms with Gasteiger partial charge in [-0.1, -0.05) is 30.3 Å². The van der Waals surface area contributed by atoms with Crippen LogP contribution in [0.1, 0.15) is 18.9 Å². The summed E-state index contributed by atoms with van der Waals surface area (Å²) in [4.78, 5) is 25.0. The Labute approximate surface area is 118 Å². The molecule has 1 aromatic rings. The highest BCUT2D eigenvalue weighted by atomic mass is 16.5. The van der Waals surface area contributed by atoms with E-state index in [0.717, 1.165) is 5.56 Å². The van der Waals surface area contributed by atoms with E-state index in [1.165, 1.54) is 6.92 Å². The maximum absolute atomic E-state index is 11.8. The zero-order valence-corrected chi connectivity index (χ0v) is 11.8. The molecule has 1 aromatic carbocycles. The van der Waals surface area contributed by atoms with Gasteiger partial charge in [-0.15, -0.1) is 0 Å². The predicted octanol–water partition coefficient (Wildman–Crippen LogP) is 0.939. The van der Waals surface area contributed by atoms with E-state index in [-0.39, 0.29) is 17.9 Å². The molecule has 108 valence electrons. The van der Waals surface area contributed by atoms with Crippen molar-refractivity contribution >= 4 is 11.8 Å². The first kappa shape index (κ1) is 14.5. The summed E-state index contributed by atoms with van der Waals surface area (Å²) in [6.07, 6.45) is 0.452. The van der Waals surface area contributed by atoms with Gasteiger partial charge in [-0.25, -0.2) is 0 Å². The van der Waals surface area contributed by atoms with Gasteiger partial charge in [0, 0.05) is 26.9 Å². The largest absolute Gasteiger partial charge is 0.372 e. The van der Waals surface area contributed by atoms with Gasteiger partial charge in [0.25, 0.3) is 0 Å². The molecule has 1 aliphatic heterocycles. The van der Waals surface area contributed by atoms with E-state index < -0.39 is 6.04 Å². The molecule has 2 amide bonds. The van der Waals surface area contributed by atoms with Crippen LogP contribution in [-0.4, -0.2) is 42.5 Å². The van der Waals surface area contributed by atoms with Gasteiger partial charge < -0.3 is 15.0 Å². The van der Waals surface area contributed by atoms with Crippen molar-refractivity contribution in [3.8, 4) is 0 Å². The molecule has 0 saturated carbocycles. The van der Waals surface area contributed by atoms with E-state index in [9.17, 15) is 9.59 Å². The van der Waals surface area contributed by atoms with E-state index in [2.05, 4.69) is 5.32 Å². The maximum atomic E-state index is 11.8. The number of rotatable bonds is 4. The molecule has 0 unspecified atom stereocenters. The van der Waals surface area contributed by atoms with Crippen molar-refractivity contribution < 1.29 is 14.3 Å². The Hall–Kier alpha value is -1.88. The molecule has 1 aliphatic rings. The zero-order valence-electron chi connectivity index (χ0n) is 11.8. The summed E-state index contributed by atoms with van der Waals surface area (Å²) in [6, 6.07) is 9.45. The molecule has 0 bridgehead atoms. The van der Waals surface area contributed by atoms with Gasteiger partial charge in [0.2, 0.25) is 11.8 Å². The molecule has 5 nitrogen and oxygen atoms in total. The maximum Gasteiger partial charge on any atom is 0.242 e. The molecule has 1 heterocycles. The molecule has 0 aromatic heterocycles. The fraction of sp³-hybridized carbons (Fsp3) is 0.467. The van der Waals surface area contributed by atoms with Crippen molar-refractivity contribution in [2.75, 3.05) is 13.6 Å². The van der Waals surface area contributed by atoms with Gasteiger partial charge in [-0.2, -0.15) is 0 Å². The second-order valence-corrected chi connectivity index (χ2v) is 4.96. The Morgan fingerprint density at radius 2 is 2.05 bits per heavy atom. The van der Waals surface area contributed by atoms with Crippen LogP contribution in [0.2, 0.25) is 0 Å². The minimum atomic E-state index is -0.418. The SMILES string of the molecule is CNC(=O)[C@@H]1C[C@@H](OCc2ccccc2)CN1C(C)=O. The Balaban J connectivity index is 1.94. The molecule has 2 rings (SSSR count). The second-order valence-electron chi connectivity index (χ2n) is 4.96. The number of carbonyl (C=O) groups is 2. The van der Waals surface area contributed by atoms with Crippen LogP contribution in [0.5, 0.6) is 0 Å². The van der Waals surface area contributed by atoms with Gasteiger partial charge in [0.05, 0.1) is 12.7 Å². The third-order valence-electron chi connectivity index (χ3n) is 3.54. The predicted molar refractivity (Wildman–Crippen MR) is 74.9 cm³/mol. The number of carbonyl (C=O) groups excluding carboxylic acids is 2. The van der Waals surface area contributed by atoms with Crippen LogP contribution in [0.4, 0.5) is 0 Å². The van der Waals surface area contributed by atoms with Crippen LogP contribution < -0.4 is 5.32 Å². The highest BCUT2D eigenvalue weighted by Gasteiger charge is 2.38. The van der Waals surface area contributed by atoms with Gasteiger partial charge >= 0.3 is 0 Å². The van der Waals surface area contributed by atoms with Crippen LogP contribution in [0.25, 0.3) is 0 Å². The molecule has 1 N–H and O–H groups in total. The van der Waals surface area contributed by atoms with Crippen molar-refractivity contribution in [2.24, 2.45) is 0 Å². The first-order chi connectivity index (χ1) is 9.61. The van der Waals surface area contributed by atoms with Gasteiger partial charge in [-0.05, 0) is 5.56 Å². The van der Waals surface area contributed by atoms with Crippen LogP contribution in [0.3, 0.4) is 0 Å². The van der Waals surface area contributed by atoms with Gasteiger partial charge in [0.15, 0.2) is 0 Å². The van der Waals surface area contributed by atoms with Gasteiger partial charge in [-0.3, -0.25) is 9.59 Å². The summed E-state index contributed by atoms with van der Waals surface area (Å²) in [6.45, 7) is 2.45. The number of benzene rings is 1. The zero-order chi connectivity index (χ0) is 14.5. The standard InChI is InChI=1S/C15H20N2O3/c1-11(18)17-9-13(8-14(17)15(19)16-2)20-10-12-6-4-3-5-7-12/h3-7,13-14H,8-10H2,1-2H3,(H,16,19)/t13-,14+/m1/s1. The molecular formula is C15H20N2O3. The van der Waals surface area contributed by atoms with Crippen LogP contribution in [0, 0.1) is 0 Å². The number of amides is 2. The smallest absolute Gasteiger partial charge is 0.242 e. The average molecular weight is 276 g/mol. The number of hydrogen-bond acceptors (Lipinski definition) is 3. The molecule has 0 radical (unpaired) electrons. The van der Waals surface area contributed by atoms with E-state index >= 15 is 0 Å². The third-order valence-corrected chi connectivity index (χ3v) is 3.54. The Morgan fingerprint density at radius 1 is 1.35 bits per heavy atom. The third kappa shape index (κ3) is 3.36. The Morgan fingerprint density at radius 3 is 2.65 bits per heavy atom. The summed E-state index contributed by atoms with van der Waals surface area (Å²) in [5.41, 5.74) is 1.09. The van der Waals surface area contributed by atoms with Crippen molar-refractivity contribution in [1.29, 1.82) is 0 Å². The number of hydrogen-bond donors (Lipinski definition) is 1. The van der Waals surface area contributed by atoms with Crippen LogP contribution in [0.15, 0.2) is 30.3 Å². The lowest BCUT2D eigenvalue weighted by molar-refractivity contribution is -0.136. The highest BCUT2D eigenvalue weighted by Crippen LogP contribution is 2.21. The minimum absolute atomic E-state index is 0.0931. The number of nitrogens with zero attached hydrogens (tertiary/aromatic N) is 1. The Kier molecular flexibility index (Phi) is 4.74. The van der Waals surface area contributed by atoms with Crippen molar-refractivity contribution in [1.82, 2.24) is 10.2 Å². The fourth-order valence-corrected chi connectivity index (χ4v) is 2.47. The molecule has 2 atom stereocenters. The Bertz CT molecular complexity index is 475. The van der Waals surface area contributed by atoms with Crippen molar-refractivity contribution in [3.63, 3.8) is 0 Å². The summed E-state index contributed by atoms with van der Waals surface area (Å²) in [5.74, 6) is -0.226. The van der Waals surface area contributed by atoms with Crippen LogP contribution in [-0.2, 0) is 20.9 Å². The number of ether oxygens (including phenoxy) is 1. The average Bonchev–Trinajstić information content (AvgIpc) is 2.90. The number of nitrogens with one attached hydrogen (secondary N) is 1. The van der Waals surface area contributed by atoms with Crippen molar-refractivity contribution in [2.45, 2.75) is 32.1 Å². The number of likely N-dealkylation sites (N-methyl/N-ethyl adjacent to an activating group) is 1. The van der Waals surface area contributed by atoms with E-state index in [1.54, 1.807) is 11.9 Å². The molecule has 0 aliphatic carbocycles. The van der Waals surface area contributed by atoms with Gasteiger partial charge in [0.1, 0.15) is 6.04 Å². The summed E-state index contributed by atoms with van der Waals surface area (Å²) < 4.78 is 5.82. The summed E-state index contributed by atoms with van der Waals surface area (Å²) in [5, 5.41) is 2.60. The lowest BCUT2D eigenvalue weighted by Gasteiger charge is -2.21. The summed E-state index contributed by atoms with van der Waals surface area (Å²) >= 11 is 0. The second kappa shape index (κ2) is 6.52. The quantitative estimate of drug-likeness (QED) is 0.890. The highest BCUT2D eigenvalue weighted by molar-refractivity contribution is 5.87. The molecule has 20 heavy (non-hydrogen) atoms. The summed E-state index contributed by atoms with van der Waals surface area (Å²) in [7, 11) is 1.58. The van der Waals surface area contributed by atoms with E-state index in [0.29, 0.717) is 19.6 Å². The normalized spacial score (nSPS) is 21.8. The number of likely N-dealkylation sites (tertiary alicyclic amines) is 1. The topological polar surface area (TPSA) is 58.6 Å². The monoisotopic (exact) mass is 276 g/mol. The lowest BCUT2D eigenvalue weighted by atomic mass is 10.2. The first-order valence-corrected chi connectivity index (χ1v) is 6.76. The molecule has 1 fully saturated rings. The molecular weight excluding hydrogens is 256 g/mol.